The van der Waals surface area contributed by atoms with Gasteiger partial charge >= 0.3 is 0 Å². The van der Waals surface area contributed by atoms with E-state index in [-0.39, 0.29) is 22.6 Å². The quantitative estimate of drug-likeness (QED) is 0.787. The summed E-state index contributed by atoms with van der Waals surface area (Å²) >= 11 is 0. The predicted molar refractivity (Wildman–Crippen MR) is 101 cm³/mol. The van der Waals surface area contributed by atoms with E-state index in [0.717, 1.165) is 24.1 Å². The molecule has 138 valence electrons. The van der Waals surface area contributed by atoms with E-state index in [9.17, 15) is 0 Å². The maximum Gasteiger partial charge on any atom is 0.163 e. The Kier molecular flexibility index (Phi) is 4.71. The van der Waals surface area contributed by atoms with Gasteiger partial charge in [0.25, 0.3) is 0 Å². The molecule has 1 atom stereocenters. The number of rotatable bonds is 4. The fourth-order valence-corrected chi connectivity index (χ4v) is 4.25. The topological polar surface area (TPSA) is 34.1 Å². The summed E-state index contributed by atoms with van der Waals surface area (Å²) in [6, 6.07) is 10.3. The first-order chi connectivity index (χ1) is 11.6. The highest BCUT2D eigenvalue weighted by Gasteiger charge is 2.46. The van der Waals surface area contributed by atoms with Gasteiger partial charge in [0.2, 0.25) is 0 Å². The van der Waals surface area contributed by atoms with Crippen LogP contribution in [0, 0.1) is 5.41 Å². The van der Waals surface area contributed by atoms with Gasteiger partial charge in [-0.25, -0.2) is 0 Å². The van der Waals surface area contributed by atoms with E-state index in [1.807, 2.05) is 18.2 Å². The van der Waals surface area contributed by atoms with Gasteiger partial charge in [0.15, 0.2) is 6.10 Å². The molecule has 1 aromatic carbocycles. The molecule has 0 saturated carbocycles. The Morgan fingerprint density at radius 2 is 1.64 bits per heavy atom. The smallest absolute Gasteiger partial charge is 0.163 e. The summed E-state index contributed by atoms with van der Waals surface area (Å²) in [5, 5.41) is 6.59. The largest absolute Gasteiger partial charge is 0.389 e. The van der Waals surface area contributed by atoms with Gasteiger partial charge in [-0.3, -0.25) is 4.84 Å². The fraction of sp³-hybridized carbons (Fsp3) is 0.667. The molecule has 0 amide bonds. The Balaban J connectivity index is 1.70. The number of benzene rings is 1. The fourth-order valence-electron chi connectivity index (χ4n) is 4.25. The normalized spacial score (nSPS) is 27.6. The van der Waals surface area contributed by atoms with Crippen LogP contribution in [-0.4, -0.2) is 34.6 Å². The molecule has 4 heteroatoms. The number of hydrogen-bond acceptors (Lipinski definition) is 4. The molecule has 2 heterocycles. The first-order valence-corrected chi connectivity index (χ1v) is 9.38. The highest BCUT2D eigenvalue weighted by atomic mass is 16.7. The lowest BCUT2D eigenvalue weighted by Gasteiger charge is -2.51. The maximum atomic E-state index is 6.35. The number of hydroxylamine groups is 2. The molecule has 0 spiro atoms. The van der Waals surface area contributed by atoms with Gasteiger partial charge in [0, 0.05) is 16.6 Å². The van der Waals surface area contributed by atoms with Crippen LogP contribution in [0.5, 0.6) is 0 Å². The highest BCUT2D eigenvalue weighted by molar-refractivity contribution is 6.05. The monoisotopic (exact) mass is 344 g/mol. The molecular formula is C21H32N2O2. The maximum absolute atomic E-state index is 6.35. The second-order valence-electron chi connectivity index (χ2n) is 9.19. The van der Waals surface area contributed by atoms with Crippen LogP contribution in [0.15, 0.2) is 35.5 Å². The van der Waals surface area contributed by atoms with Gasteiger partial charge < -0.3 is 4.84 Å². The predicted octanol–water partition coefficient (Wildman–Crippen LogP) is 4.79. The molecule has 1 saturated heterocycles. The second-order valence-corrected chi connectivity index (χ2v) is 9.19. The minimum atomic E-state index is -0.189. The lowest BCUT2D eigenvalue weighted by atomic mass is 9.79. The Morgan fingerprint density at radius 1 is 1.04 bits per heavy atom. The zero-order chi connectivity index (χ0) is 18.3. The van der Waals surface area contributed by atoms with Crippen molar-refractivity contribution in [2.24, 2.45) is 10.6 Å². The molecule has 0 aromatic heterocycles. The molecule has 3 rings (SSSR count). The second kappa shape index (κ2) is 6.40. The van der Waals surface area contributed by atoms with Crippen molar-refractivity contribution in [2.45, 2.75) is 78.0 Å². The van der Waals surface area contributed by atoms with E-state index >= 15 is 0 Å². The van der Waals surface area contributed by atoms with E-state index in [4.69, 9.17) is 9.68 Å². The molecule has 2 aliphatic heterocycles. The lowest BCUT2D eigenvalue weighted by molar-refractivity contribution is -0.293. The Hall–Kier alpha value is -1.39. The SMILES string of the molecule is CC1(C)C(c2ccccc2)=NOC1CON1C(C)(C)CCCC1(C)C. The van der Waals surface area contributed by atoms with Crippen molar-refractivity contribution in [3.05, 3.63) is 35.9 Å². The number of nitrogens with zero attached hydrogens (tertiary/aromatic N) is 2. The minimum absolute atomic E-state index is 0.0353. The van der Waals surface area contributed by atoms with Crippen molar-refractivity contribution in [1.29, 1.82) is 0 Å². The molecule has 0 bridgehead atoms. The van der Waals surface area contributed by atoms with Crippen molar-refractivity contribution >= 4 is 5.71 Å². The number of hydrogen-bond donors (Lipinski definition) is 0. The molecule has 0 aliphatic carbocycles. The Morgan fingerprint density at radius 3 is 2.24 bits per heavy atom. The molecule has 1 fully saturated rings. The number of piperidine rings is 1. The standard InChI is InChI=1S/C21H32N2O2/c1-19(2)13-10-14-20(3,4)23(19)24-15-17-21(5,6)18(22-25-17)16-11-8-7-9-12-16/h7-9,11-12,17H,10,13-15H2,1-6H3. The molecule has 1 aromatic rings. The zero-order valence-corrected chi connectivity index (χ0v) is 16.5. The Labute approximate surface area is 152 Å². The van der Waals surface area contributed by atoms with E-state index < -0.39 is 0 Å². The molecular weight excluding hydrogens is 312 g/mol. The van der Waals surface area contributed by atoms with Crippen molar-refractivity contribution in [1.82, 2.24) is 5.06 Å². The van der Waals surface area contributed by atoms with Crippen molar-refractivity contribution in [3.8, 4) is 0 Å². The van der Waals surface area contributed by atoms with Gasteiger partial charge in [-0.05, 0) is 47.0 Å². The summed E-state index contributed by atoms with van der Waals surface area (Å²) in [5.74, 6) is 0. The van der Waals surface area contributed by atoms with Crippen LogP contribution >= 0.6 is 0 Å². The van der Waals surface area contributed by atoms with Crippen LogP contribution < -0.4 is 0 Å². The summed E-state index contributed by atoms with van der Waals surface area (Å²) in [7, 11) is 0. The van der Waals surface area contributed by atoms with Crippen LogP contribution in [0.3, 0.4) is 0 Å². The van der Waals surface area contributed by atoms with Crippen molar-refractivity contribution in [2.75, 3.05) is 6.61 Å². The minimum Gasteiger partial charge on any atom is -0.389 e. The average Bonchev–Trinajstić information content (AvgIpc) is 2.81. The van der Waals surface area contributed by atoms with Gasteiger partial charge in [0.1, 0.15) is 6.61 Å². The molecule has 0 radical (unpaired) electrons. The third-order valence-corrected chi connectivity index (χ3v) is 5.77. The van der Waals surface area contributed by atoms with Gasteiger partial charge in [0.05, 0.1) is 11.1 Å². The van der Waals surface area contributed by atoms with Crippen LogP contribution in [-0.2, 0) is 9.68 Å². The molecule has 25 heavy (non-hydrogen) atoms. The summed E-state index contributed by atoms with van der Waals surface area (Å²) in [5.41, 5.74) is 2.00. The van der Waals surface area contributed by atoms with Gasteiger partial charge in [-0.15, -0.1) is 0 Å². The number of oxime groups is 1. The third-order valence-electron chi connectivity index (χ3n) is 5.77. The van der Waals surface area contributed by atoms with Gasteiger partial charge in [-0.2, -0.15) is 5.06 Å². The average molecular weight is 344 g/mol. The molecule has 4 nitrogen and oxygen atoms in total. The summed E-state index contributed by atoms with van der Waals surface area (Å²) in [6.07, 6.45) is 3.46. The highest BCUT2D eigenvalue weighted by Crippen LogP contribution is 2.40. The van der Waals surface area contributed by atoms with E-state index in [1.165, 1.54) is 6.42 Å². The van der Waals surface area contributed by atoms with Crippen molar-refractivity contribution < 1.29 is 9.68 Å². The summed E-state index contributed by atoms with van der Waals surface area (Å²) < 4.78 is 0. The van der Waals surface area contributed by atoms with Crippen LogP contribution in [0.4, 0.5) is 0 Å². The van der Waals surface area contributed by atoms with E-state index in [1.54, 1.807) is 0 Å². The summed E-state index contributed by atoms with van der Waals surface area (Å²) in [6.45, 7) is 13.9. The van der Waals surface area contributed by atoms with E-state index in [2.05, 4.69) is 63.9 Å². The molecule has 0 N–H and O–H groups in total. The lowest BCUT2D eigenvalue weighted by Crippen LogP contribution is -2.59. The molecule has 2 aliphatic rings. The van der Waals surface area contributed by atoms with Crippen LogP contribution in [0.2, 0.25) is 0 Å². The van der Waals surface area contributed by atoms with Gasteiger partial charge in [-0.1, -0.05) is 49.3 Å². The van der Waals surface area contributed by atoms with Crippen LogP contribution in [0.1, 0.15) is 66.4 Å². The summed E-state index contributed by atoms with van der Waals surface area (Å²) in [4.78, 5) is 12.2. The molecule has 1 unspecified atom stereocenters. The van der Waals surface area contributed by atoms with Crippen LogP contribution in [0.25, 0.3) is 0 Å². The van der Waals surface area contributed by atoms with E-state index in [0.29, 0.717) is 6.61 Å². The zero-order valence-electron chi connectivity index (χ0n) is 16.5. The first kappa shape index (κ1) is 18.4. The Bertz CT molecular complexity index is 619. The first-order valence-electron chi connectivity index (χ1n) is 9.38. The third kappa shape index (κ3) is 3.47. The van der Waals surface area contributed by atoms with Crippen molar-refractivity contribution in [3.63, 3.8) is 0 Å².